The standard InChI is InChI=1S/C31H34N2O4/c1-6-22-8-10-23(11-9-22)12-13-24-16-25-17-28(36-4)29(37-5)18-27(25)33(31(24)35)19-30(34)32-26-14-7-20(2)21(3)15-26/h7-11,14-18H,6,12-13,19H2,1-5H3,(H,32,34). The number of aryl methyl sites for hydroxylation is 5. The Hall–Kier alpha value is -4.06. The Morgan fingerprint density at radius 3 is 2.16 bits per heavy atom. The highest BCUT2D eigenvalue weighted by molar-refractivity contribution is 5.92. The summed E-state index contributed by atoms with van der Waals surface area (Å²) in [5, 5.41) is 3.75. The fraction of sp³-hybridized carbons (Fsp3) is 0.290. The molecule has 0 saturated carbocycles. The molecule has 0 radical (unpaired) electrons. The zero-order valence-corrected chi connectivity index (χ0v) is 22.2. The Kier molecular flexibility index (Phi) is 7.97. The topological polar surface area (TPSA) is 69.6 Å². The van der Waals surface area contributed by atoms with Gasteiger partial charge in [-0.1, -0.05) is 37.3 Å². The van der Waals surface area contributed by atoms with Gasteiger partial charge in [0.15, 0.2) is 11.5 Å². The summed E-state index contributed by atoms with van der Waals surface area (Å²) in [6, 6.07) is 19.8. The van der Waals surface area contributed by atoms with Gasteiger partial charge in [-0.05, 0) is 79.6 Å². The first-order valence-electron chi connectivity index (χ1n) is 12.6. The fourth-order valence-corrected chi connectivity index (χ4v) is 4.49. The molecule has 3 aromatic carbocycles. The number of ether oxygens (including phenoxy) is 2. The molecule has 1 aromatic heterocycles. The number of carbonyl (C=O) groups is 1. The van der Waals surface area contributed by atoms with Crippen molar-refractivity contribution in [2.75, 3.05) is 19.5 Å². The van der Waals surface area contributed by atoms with Crippen molar-refractivity contribution in [1.82, 2.24) is 4.57 Å². The minimum absolute atomic E-state index is 0.114. The number of fused-ring (bicyclic) bond motifs is 1. The third-order valence-corrected chi connectivity index (χ3v) is 6.88. The van der Waals surface area contributed by atoms with Crippen LogP contribution in [0.5, 0.6) is 11.5 Å². The van der Waals surface area contributed by atoms with Crippen LogP contribution in [-0.4, -0.2) is 24.7 Å². The molecule has 0 aliphatic rings. The molecule has 6 nitrogen and oxygen atoms in total. The van der Waals surface area contributed by atoms with E-state index in [-0.39, 0.29) is 18.0 Å². The molecule has 4 aromatic rings. The van der Waals surface area contributed by atoms with Gasteiger partial charge in [0.05, 0.1) is 19.7 Å². The van der Waals surface area contributed by atoms with E-state index in [0.29, 0.717) is 34.7 Å². The monoisotopic (exact) mass is 498 g/mol. The SMILES string of the molecule is CCc1ccc(CCc2cc3cc(OC)c(OC)cc3n(CC(=O)Nc3ccc(C)c(C)c3)c2=O)cc1. The van der Waals surface area contributed by atoms with Gasteiger partial charge in [-0.3, -0.25) is 14.2 Å². The van der Waals surface area contributed by atoms with E-state index in [9.17, 15) is 9.59 Å². The summed E-state index contributed by atoms with van der Waals surface area (Å²) in [6.45, 7) is 6.04. The summed E-state index contributed by atoms with van der Waals surface area (Å²) in [7, 11) is 3.13. The largest absolute Gasteiger partial charge is 0.493 e. The lowest BCUT2D eigenvalue weighted by molar-refractivity contribution is -0.116. The average Bonchev–Trinajstić information content (AvgIpc) is 2.91. The van der Waals surface area contributed by atoms with Crippen molar-refractivity contribution in [2.24, 2.45) is 0 Å². The highest BCUT2D eigenvalue weighted by Crippen LogP contribution is 2.32. The van der Waals surface area contributed by atoms with Crippen LogP contribution in [-0.2, 0) is 30.6 Å². The van der Waals surface area contributed by atoms with E-state index in [1.807, 2.05) is 44.2 Å². The molecule has 0 fully saturated rings. The maximum Gasteiger partial charge on any atom is 0.254 e. The second-order valence-electron chi connectivity index (χ2n) is 9.34. The van der Waals surface area contributed by atoms with E-state index in [1.165, 1.54) is 15.7 Å². The molecular weight excluding hydrogens is 464 g/mol. The van der Waals surface area contributed by atoms with Crippen molar-refractivity contribution in [3.05, 3.63) is 98.8 Å². The number of methoxy groups -OCH3 is 2. The summed E-state index contributed by atoms with van der Waals surface area (Å²) in [6.07, 6.45) is 2.28. The Balaban J connectivity index is 1.70. The molecule has 37 heavy (non-hydrogen) atoms. The van der Waals surface area contributed by atoms with E-state index in [4.69, 9.17) is 9.47 Å². The van der Waals surface area contributed by atoms with Crippen LogP contribution in [0.2, 0.25) is 0 Å². The van der Waals surface area contributed by atoms with Gasteiger partial charge in [-0.25, -0.2) is 0 Å². The number of carbonyl (C=O) groups excluding carboxylic acids is 1. The molecule has 0 saturated heterocycles. The number of anilines is 1. The van der Waals surface area contributed by atoms with E-state index >= 15 is 0 Å². The van der Waals surface area contributed by atoms with Crippen molar-refractivity contribution in [1.29, 1.82) is 0 Å². The summed E-state index contributed by atoms with van der Waals surface area (Å²) in [4.78, 5) is 26.7. The zero-order chi connectivity index (χ0) is 26.5. The molecule has 192 valence electrons. The Morgan fingerprint density at radius 1 is 0.838 bits per heavy atom. The molecule has 0 aliphatic heterocycles. The molecule has 0 bridgehead atoms. The number of pyridine rings is 1. The fourth-order valence-electron chi connectivity index (χ4n) is 4.49. The van der Waals surface area contributed by atoms with Crippen molar-refractivity contribution < 1.29 is 14.3 Å². The summed E-state index contributed by atoms with van der Waals surface area (Å²) in [5.41, 5.74) is 6.49. The van der Waals surface area contributed by atoms with E-state index in [2.05, 4.69) is 36.5 Å². The average molecular weight is 499 g/mol. The first-order valence-corrected chi connectivity index (χ1v) is 12.6. The van der Waals surface area contributed by atoms with Crippen molar-refractivity contribution in [3.63, 3.8) is 0 Å². The molecule has 0 unspecified atom stereocenters. The summed E-state index contributed by atoms with van der Waals surface area (Å²) < 4.78 is 12.5. The van der Waals surface area contributed by atoms with Gasteiger partial charge in [0.25, 0.3) is 5.56 Å². The van der Waals surface area contributed by atoms with Gasteiger partial charge in [-0.15, -0.1) is 0 Å². The van der Waals surface area contributed by atoms with E-state index < -0.39 is 0 Å². The lowest BCUT2D eigenvalue weighted by atomic mass is 10.0. The number of benzene rings is 3. The lowest BCUT2D eigenvalue weighted by Gasteiger charge is -2.16. The molecule has 1 heterocycles. The lowest BCUT2D eigenvalue weighted by Crippen LogP contribution is -2.30. The number of rotatable bonds is 9. The molecule has 1 N–H and O–H groups in total. The maximum absolute atomic E-state index is 13.7. The van der Waals surface area contributed by atoms with Gasteiger partial charge in [-0.2, -0.15) is 0 Å². The highest BCUT2D eigenvalue weighted by atomic mass is 16.5. The highest BCUT2D eigenvalue weighted by Gasteiger charge is 2.16. The van der Waals surface area contributed by atoms with Crippen LogP contribution < -0.4 is 20.3 Å². The predicted octanol–water partition coefficient (Wildman–Crippen LogP) is 5.62. The first-order chi connectivity index (χ1) is 17.8. The number of hydrogen-bond donors (Lipinski definition) is 1. The Labute approximate surface area is 217 Å². The number of hydrogen-bond acceptors (Lipinski definition) is 4. The van der Waals surface area contributed by atoms with Gasteiger partial charge < -0.3 is 14.8 Å². The number of nitrogens with zero attached hydrogens (tertiary/aromatic N) is 1. The number of aromatic nitrogens is 1. The van der Waals surface area contributed by atoms with Crippen LogP contribution >= 0.6 is 0 Å². The van der Waals surface area contributed by atoms with Crippen LogP contribution in [0, 0.1) is 13.8 Å². The van der Waals surface area contributed by atoms with Gasteiger partial charge in [0, 0.05) is 22.7 Å². The minimum atomic E-state index is -0.270. The second kappa shape index (κ2) is 11.3. The van der Waals surface area contributed by atoms with Gasteiger partial charge in [0.2, 0.25) is 5.91 Å². The normalized spacial score (nSPS) is 10.9. The maximum atomic E-state index is 13.7. The minimum Gasteiger partial charge on any atom is -0.493 e. The quantitative estimate of drug-likeness (QED) is 0.325. The molecule has 1 amide bonds. The molecular formula is C31H34N2O4. The summed E-state index contributed by atoms with van der Waals surface area (Å²) >= 11 is 0. The van der Waals surface area contributed by atoms with E-state index in [1.54, 1.807) is 20.3 Å². The Bertz CT molecular complexity index is 1490. The summed E-state index contributed by atoms with van der Waals surface area (Å²) in [5.74, 6) is 0.802. The molecule has 0 atom stereocenters. The van der Waals surface area contributed by atoms with Crippen molar-refractivity contribution >= 4 is 22.5 Å². The molecule has 0 aliphatic carbocycles. The molecule has 0 spiro atoms. The van der Waals surface area contributed by atoms with Gasteiger partial charge in [0.1, 0.15) is 6.54 Å². The molecule has 6 heteroatoms. The third-order valence-electron chi connectivity index (χ3n) is 6.88. The van der Waals surface area contributed by atoms with Crippen LogP contribution in [0.4, 0.5) is 5.69 Å². The zero-order valence-electron chi connectivity index (χ0n) is 22.2. The van der Waals surface area contributed by atoms with Crippen LogP contribution in [0.3, 0.4) is 0 Å². The predicted molar refractivity (Wildman–Crippen MR) is 149 cm³/mol. The van der Waals surface area contributed by atoms with Crippen LogP contribution in [0.15, 0.2) is 65.5 Å². The van der Waals surface area contributed by atoms with Crippen molar-refractivity contribution in [2.45, 2.75) is 46.6 Å². The van der Waals surface area contributed by atoms with Crippen molar-refractivity contribution in [3.8, 4) is 11.5 Å². The first kappa shape index (κ1) is 26.0. The van der Waals surface area contributed by atoms with Gasteiger partial charge >= 0.3 is 0 Å². The number of amides is 1. The third kappa shape index (κ3) is 5.85. The number of nitrogens with one attached hydrogen (secondary N) is 1. The Morgan fingerprint density at radius 2 is 1.51 bits per heavy atom. The smallest absolute Gasteiger partial charge is 0.254 e. The van der Waals surface area contributed by atoms with Crippen LogP contribution in [0.1, 0.15) is 34.7 Å². The van der Waals surface area contributed by atoms with Crippen LogP contribution in [0.25, 0.3) is 10.9 Å². The van der Waals surface area contributed by atoms with E-state index in [0.717, 1.165) is 29.4 Å². The second-order valence-corrected chi connectivity index (χ2v) is 9.34. The molecule has 4 rings (SSSR count).